The summed E-state index contributed by atoms with van der Waals surface area (Å²) in [4.78, 5) is 8.47. The van der Waals surface area contributed by atoms with Crippen molar-refractivity contribution in [3.63, 3.8) is 0 Å². The number of hydrogen-bond donors (Lipinski definition) is 0. The van der Waals surface area contributed by atoms with E-state index in [1.54, 1.807) is 12.4 Å². The molecule has 64 valence electrons. The van der Waals surface area contributed by atoms with Crippen molar-refractivity contribution in [2.45, 2.75) is 26.7 Å². The second-order valence-corrected chi connectivity index (χ2v) is 2.55. The lowest BCUT2D eigenvalue weighted by Crippen LogP contribution is -1.93. The van der Waals surface area contributed by atoms with E-state index in [0.29, 0.717) is 0 Å². The molecule has 0 aliphatic heterocycles. The number of rotatable bonds is 3. The fourth-order valence-electron chi connectivity index (χ4n) is 1.02. The molecule has 0 N–H and O–H groups in total. The lowest BCUT2D eigenvalue weighted by Gasteiger charge is -1.98. The van der Waals surface area contributed by atoms with Crippen LogP contribution in [0.2, 0.25) is 0 Å². The van der Waals surface area contributed by atoms with Crippen molar-refractivity contribution < 1.29 is 0 Å². The van der Waals surface area contributed by atoms with Crippen LogP contribution in [0.1, 0.15) is 31.7 Å². The summed E-state index contributed by atoms with van der Waals surface area (Å²) in [6, 6.07) is 0. The van der Waals surface area contributed by atoms with E-state index >= 15 is 0 Å². The van der Waals surface area contributed by atoms with Crippen molar-refractivity contribution in [2.75, 3.05) is 0 Å². The highest BCUT2D eigenvalue weighted by Crippen LogP contribution is 2.04. The minimum atomic E-state index is 0.942. The van der Waals surface area contributed by atoms with Crippen LogP contribution >= 0.6 is 0 Å². The van der Waals surface area contributed by atoms with Gasteiger partial charge in [0.05, 0.1) is 11.4 Å². The van der Waals surface area contributed by atoms with Gasteiger partial charge in [-0.25, -0.2) is 0 Å². The van der Waals surface area contributed by atoms with Gasteiger partial charge in [-0.05, 0) is 18.9 Å². The molecular weight excluding hydrogens is 148 g/mol. The van der Waals surface area contributed by atoms with Crippen molar-refractivity contribution in [2.24, 2.45) is 0 Å². The third-order valence-electron chi connectivity index (χ3n) is 1.65. The Morgan fingerprint density at radius 1 is 1.25 bits per heavy atom. The minimum absolute atomic E-state index is 0.942. The number of aryl methyl sites for hydroxylation is 1. The van der Waals surface area contributed by atoms with Crippen LogP contribution in [0, 0.1) is 0 Å². The Balaban J connectivity index is 2.89. The Morgan fingerprint density at radius 3 is 2.67 bits per heavy atom. The summed E-state index contributed by atoms with van der Waals surface area (Å²) in [5.74, 6) is 0. The second kappa shape index (κ2) is 4.65. The zero-order valence-corrected chi connectivity index (χ0v) is 7.62. The lowest BCUT2D eigenvalue weighted by atomic mass is 10.2. The molecule has 0 atom stereocenters. The number of hydrogen-bond acceptors (Lipinski definition) is 2. The molecule has 1 aromatic heterocycles. The molecule has 0 saturated heterocycles. The topological polar surface area (TPSA) is 25.8 Å². The first-order valence-corrected chi connectivity index (χ1v) is 4.34. The van der Waals surface area contributed by atoms with Crippen LogP contribution < -0.4 is 0 Å². The van der Waals surface area contributed by atoms with Crippen molar-refractivity contribution in [1.82, 2.24) is 9.97 Å². The maximum absolute atomic E-state index is 4.24. The van der Waals surface area contributed by atoms with Gasteiger partial charge in [0, 0.05) is 12.4 Å². The number of nitrogens with zero attached hydrogens (tertiary/aromatic N) is 2. The van der Waals surface area contributed by atoms with Crippen molar-refractivity contribution in [3.05, 3.63) is 29.9 Å². The smallest absolute Gasteiger partial charge is 0.0841 e. The highest BCUT2D eigenvalue weighted by molar-refractivity contribution is 5.46. The summed E-state index contributed by atoms with van der Waals surface area (Å²) in [5, 5.41) is 0. The van der Waals surface area contributed by atoms with E-state index < -0.39 is 0 Å². The normalized spacial score (nSPS) is 10.8. The molecule has 0 radical (unpaired) electrons. The van der Waals surface area contributed by atoms with Crippen LogP contribution in [0.15, 0.2) is 18.5 Å². The van der Waals surface area contributed by atoms with E-state index in [-0.39, 0.29) is 0 Å². The van der Waals surface area contributed by atoms with E-state index in [4.69, 9.17) is 0 Å². The molecule has 1 heterocycles. The van der Waals surface area contributed by atoms with E-state index in [2.05, 4.69) is 29.9 Å². The summed E-state index contributed by atoms with van der Waals surface area (Å²) in [6.45, 7) is 4.20. The molecule has 0 aliphatic rings. The Kier molecular flexibility index (Phi) is 3.45. The van der Waals surface area contributed by atoms with Gasteiger partial charge in [-0.2, -0.15) is 0 Å². The molecule has 0 saturated carbocycles. The van der Waals surface area contributed by atoms with Gasteiger partial charge >= 0.3 is 0 Å². The van der Waals surface area contributed by atoms with Gasteiger partial charge in [-0.15, -0.1) is 0 Å². The zero-order valence-electron chi connectivity index (χ0n) is 7.62. The van der Waals surface area contributed by atoms with Crippen LogP contribution in [-0.2, 0) is 6.42 Å². The summed E-state index contributed by atoms with van der Waals surface area (Å²) in [5.41, 5.74) is 2.07. The Bertz CT molecular complexity index is 266. The maximum Gasteiger partial charge on any atom is 0.0841 e. The molecule has 0 aliphatic carbocycles. The predicted octanol–water partition coefficient (Wildman–Crippen LogP) is 2.46. The van der Waals surface area contributed by atoms with E-state index in [1.165, 1.54) is 0 Å². The summed E-state index contributed by atoms with van der Waals surface area (Å²) in [7, 11) is 0. The molecular formula is C10H14N2. The highest BCUT2D eigenvalue weighted by atomic mass is 14.8. The third kappa shape index (κ3) is 2.16. The molecule has 2 heteroatoms. The third-order valence-corrected chi connectivity index (χ3v) is 1.65. The molecule has 0 aromatic carbocycles. The van der Waals surface area contributed by atoms with Crippen LogP contribution in [0.5, 0.6) is 0 Å². The predicted molar refractivity (Wildman–Crippen MR) is 50.7 cm³/mol. The van der Waals surface area contributed by atoms with Gasteiger partial charge in [0.25, 0.3) is 0 Å². The van der Waals surface area contributed by atoms with Crippen molar-refractivity contribution in [3.8, 4) is 0 Å². The number of allylic oxidation sites excluding steroid dienone is 1. The molecule has 2 nitrogen and oxygen atoms in total. The van der Waals surface area contributed by atoms with Gasteiger partial charge in [0.15, 0.2) is 0 Å². The van der Waals surface area contributed by atoms with Crippen LogP contribution in [0.4, 0.5) is 0 Å². The van der Waals surface area contributed by atoms with Gasteiger partial charge in [-0.1, -0.05) is 19.9 Å². The monoisotopic (exact) mass is 162 g/mol. The lowest BCUT2D eigenvalue weighted by molar-refractivity contribution is 0.987. The minimum Gasteiger partial charge on any atom is -0.257 e. The van der Waals surface area contributed by atoms with Crippen molar-refractivity contribution >= 4 is 6.08 Å². The summed E-state index contributed by atoms with van der Waals surface area (Å²) >= 11 is 0. The quantitative estimate of drug-likeness (QED) is 0.682. The van der Waals surface area contributed by atoms with Gasteiger partial charge in [-0.3, -0.25) is 9.97 Å². The largest absolute Gasteiger partial charge is 0.257 e. The maximum atomic E-state index is 4.24. The average molecular weight is 162 g/mol. The standard InChI is InChI=1S/C10H14N2/c1-3-5-6-10-9(4-2)11-7-8-12-10/h5-8H,3-4H2,1-2H3/b6-5-. The summed E-state index contributed by atoms with van der Waals surface area (Å²) < 4.78 is 0. The first kappa shape index (κ1) is 8.91. The highest BCUT2D eigenvalue weighted by Gasteiger charge is 1.96. The molecule has 1 aromatic rings. The average Bonchev–Trinajstić information content (AvgIpc) is 2.15. The van der Waals surface area contributed by atoms with Crippen LogP contribution in [0.3, 0.4) is 0 Å². The van der Waals surface area contributed by atoms with Crippen LogP contribution in [0.25, 0.3) is 6.08 Å². The SMILES string of the molecule is CC/C=C\c1nccnc1CC. The Morgan fingerprint density at radius 2 is 2.00 bits per heavy atom. The molecule has 0 unspecified atom stereocenters. The number of aromatic nitrogens is 2. The molecule has 1 rings (SSSR count). The molecule has 0 spiro atoms. The fraction of sp³-hybridized carbons (Fsp3) is 0.400. The first-order chi connectivity index (χ1) is 5.88. The fourth-order valence-corrected chi connectivity index (χ4v) is 1.02. The zero-order chi connectivity index (χ0) is 8.81. The second-order valence-electron chi connectivity index (χ2n) is 2.55. The molecule has 0 amide bonds. The molecule has 12 heavy (non-hydrogen) atoms. The Labute approximate surface area is 73.4 Å². The molecule has 0 bridgehead atoms. The van der Waals surface area contributed by atoms with E-state index in [9.17, 15) is 0 Å². The van der Waals surface area contributed by atoms with E-state index in [1.807, 2.05) is 6.08 Å². The first-order valence-electron chi connectivity index (χ1n) is 4.34. The van der Waals surface area contributed by atoms with Gasteiger partial charge in [0.2, 0.25) is 0 Å². The van der Waals surface area contributed by atoms with Gasteiger partial charge < -0.3 is 0 Å². The summed E-state index contributed by atoms with van der Waals surface area (Å²) in [6.07, 6.45) is 9.59. The van der Waals surface area contributed by atoms with Crippen molar-refractivity contribution in [1.29, 1.82) is 0 Å². The molecule has 0 fully saturated rings. The van der Waals surface area contributed by atoms with E-state index in [0.717, 1.165) is 24.2 Å². The van der Waals surface area contributed by atoms with Crippen LogP contribution in [-0.4, -0.2) is 9.97 Å². The Hall–Kier alpha value is -1.18. The van der Waals surface area contributed by atoms with Gasteiger partial charge in [0.1, 0.15) is 0 Å².